The van der Waals surface area contributed by atoms with Crippen molar-refractivity contribution in [3.05, 3.63) is 52.3 Å². The van der Waals surface area contributed by atoms with Crippen molar-refractivity contribution in [2.24, 2.45) is 5.10 Å². The standard InChI is InChI=1S/C16H14ClF3N4O/c1-9-7-10(2)22-14(21-9)24-15(25,16(18,19)20)8-13(23-24)11-3-5-12(17)6-4-11/h3-7,25H,8H2,1-2H3/t15-/m1/s1. The lowest BCUT2D eigenvalue weighted by Gasteiger charge is -2.32. The molecule has 0 aliphatic carbocycles. The van der Waals surface area contributed by atoms with Crippen LogP contribution < -0.4 is 5.01 Å². The van der Waals surface area contributed by atoms with Crippen LogP contribution >= 0.6 is 11.6 Å². The van der Waals surface area contributed by atoms with E-state index in [1.807, 2.05) is 0 Å². The van der Waals surface area contributed by atoms with E-state index in [4.69, 9.17) is 11.6 Å². The van der Waals surface area contributed by atoms with Gasteiger partial charge < -0.3 is 5.11 Å². The van der Waals surface area contributed by atoms with E-state index in [-0.39, 0.29) is 11.7 Å². The van der Waals surface area contributed by atoms with E-state index in [2.05, 4.69) is 15.1 Å². The zero-order valence-electron chi connectivity index (χ0n) is 13.3. The van der Waals surface area contributed by atoms with Gasteiger partial charge in [-0.25, -0.2) is 9.97 Å². The summed E-state index contributed by atoms with van der Waals surface area (Å²) in [4.78, 5) is 7.99. The van der Waals surface area contributed by atoms with Gasteiger partial charge in [-0.15, -0.1) is 0 Å². The molecule has 0 fully saturated rings. The Morgan fingerprint density at radius 2 is 1.68 bits per heavy atom. The average Bonchev–Trinajstić information content (AvgIpc) is 2.86. The maximum absolute atomic E-state index is 13.6. The quantitative estimate of drug-likeness (QED) is 0.877. The van der Waals surface area contributed by atoms with Gasteiger partial charge in [0.15, 0.2) is 0 Å². The van der Waals surface area contributed by atoms with Gasteiger partial charge >= 0.3 is 6.18 Å². The van der Waals surface area contributed by atoms with Crippen molar-refractivity contribution in [3.63, 3.8) is 0 Å². The van der Waals surface area contributed by atoms with Crippen LogP contribution in [0.4, 0.5) is 19.1 Å². The molecule has 0 saturated carbocycles. The lowest BCUT2D eigenvalue weighted by Crippen LogP contribution is -2.55. The third kappa shape index (κ3) is 3.19. The van der Waals surface area contributed by atoms with E-state index in [0.29, 0.717) is 27.0 Å². The molecule has 0 amide bonds. The summed E-state index contributed by atoms with van der Waals surface area (Å²) in [6.45, 7) is 3.26. The maximum Gasteiger partial charge on any atom is 0.438 e. The first-order valence-electron chi connectivity index (χ1n) is 7.35. The Labute approximate surface area is 146 Å². The number of hydrogen-bond donors (Lipinski definition) is 1. The van der Waals surface area contributed by atoms with Gasteiger partial charge in [-0.3, -0.25) is 0 Å². The number of aliphatic hydroxyl groups is 1. The first kappa shape index (κ1) is 17.6. The van der Waals surface area contributed by atoms with Crippen LogP contribution in [0, 0.1) is 13.8 Å². The van der Waals surface area contributed by atoms with Crippen LogP contribution in [0.2, 0.25) is 5.02 Å². The number of benzene rings is 1. The lowest BCUT2D eigenvalue weighted by molar-refractivity contribution is -0.254. The second kappa shape index (κ2) is 5.96. The molecule has 1 aromatic carbocycles. The van der Waals surface area contributed by atoms with Gasteiger partial charge in [0.2, 0.25) is 5.95 Å². The number of rotatable bonds is 2. The minimum atomic E-state index is -4.95. The first-order valence-corrected chi connectivity index (χ1v) is 7.73. The van der Waals surface area contributed by atoms with Crippen molar-refractivity contribution < 1.29 is 18.3 Å². The van der Waals surface area contributed by atoms with Crippen LogP contribution in [0.5, 0.6) is 0 Å². The predicted molar refractivity (Wildman–Crippen MR) is 87.6 cm³/mol. The molecule has 132 valence electrons. The number of anilines is 1. The van der Waals surface area contributed by atoms with Crippen molar-refractivity contribution in [2.75, 3.05) is 5.01 Å². The SMILES string of the molecule is Cc1cc(C)nc(N2N=C(c3ccc(Cl)cc3)C[C@@]2(O)C(F)(F)F)n1. The highest BCUT2D eigenvalue weighted by Gasteiger charge is 2.62. The number of nitrogens with zero attached hydrogens (tertiary/aromatic N) is 4. The number of halogens is 4. The fourth-order valence-electron chi connectivity index (χ4n) is 2.58. The number of alkyl halides is 3. The van der Waals surface area contributed by atoms with Crippen LogP contribution in [-0.4, -0.2) is 32.7 Å². The largest absolute Gasteiger partial charge is 0.438 e. The Morgan fingerprint density at radius 1 is 1.12 bits per heavy atom. The molecule has 2 aromatic rings. The molecule has 1 atom stereocenters. The minimum Gasteiger partial charge on any atom is -0.362 e. The van der Waals surface area contributed by atoms with Crippen LogP contribution in [-0.2, 0) is 0 Å². The van der Waals surface area contributed by atoms with Gasteiger partial charge in [0, 0.05) is 16.4 Å². The summed E-state index contributed by atoms with van der Waals surface area (Å²) in [7, 11) is 0. The predicted octanol–water partition coefficient (Wildman–Crippen LogP) is 3.61. The summed E-state index contributed by atoms with van der Waals surface area (Å²) >= 11 is 5.81. The van der Waals surface area contributed by atoms with Crippen molar-refractivity contribution in [2.45, 2.75) is 32.2 Å². The van der Waals surface area contributed by atoms with Crippen molar-refractivity contribution in [1.29, 1.82) is 0 Å². The van der Waals surface area contributed by atoms with E-state index in [1.165, 1.54) is 0 Å². The molecule has 1 aliphatic rings. The molecule has 3 rings (SSSR count). The summed E-state index contributed by atoms with van der Waals surface area (Å²) in [5, 5.41) is 15.2. The summed E-state index contributed by atoms with van der Waals surface area (Å²) < 4.78 is 40.8. The lowest BCUT2D eigenvalue weighted by atomic mass is 10.0. The summed E-state index contributed by atoms with van der Waals surface area (Å²) in [5.74, 6) is -0.304. The highest BCUT2D eigenvalue weighted by Crippen LogP contribution is 2.42. The van der Waals surface area contributed by atoms with E-state index in [0.717, 1.165) is 0 Å². The van der Waals surface area contributed by atoms with Crippen LogP contribution in [0.1, 0.15) is 23.4 Å². The third-order valence-electron chi connectivity index (χ3n) is 3.78. The van der Waals surface area contributed by atoms with Gasteiger partial charge in [0.05, 0.1) is 12.1 Å². The topological polar surface area (TPSA) is 61.6 Å². The molecule has 0 bridgehead atoms. The van der Waals surface area contributed by atoms with Gasteiger partial charge in [-0.05, 0) is 37.6 Å². The maximum atomic E-state index is 13.6. The molecule has 5 nitrogen and oxygen atoms in total. The summed E-state index contributed by atoms with van der Waals surface area (Å²) in [6, 6.07) is 7.80. The monoisotopic (exact) mass is 370 g/mol. The summed E-state index contributed by atoms with van der Waals surface area (Å²) in [5.41, 5.74) is -1.77. The smallest absolute Gasteiger partial charge is 0.362 e. The minimum absolute atomic E-state index is 0.0688. The molecule has 9 heteroatoms. The van der Waals surface area contributed by atoms with Gasteiger partial charge in [-0.2, -0.15) is 23.3 Å². The molecule has 25 heavy (non-hydrogen) atoms. The Morgan fingerprint density at radius 3 is 2.20 bits per heavy atom. The van der Waals surface area contributed by atoms with Gasteiger partial charge in [0.1, 0.15) is 0 Å². The Hall–Kier alpha value is -2.19. The number of aromatic nitrogens is 2. The highest BCUT2D eigenvalue weighted by atomic mass is 35.5. The molecule has 0 unspecified atom stereocenters. The van der Waals surface area contributed by atoms with E-state index >= 15 is 0 Å². The van der Waals surface area contributed by atoms with Crippen molar-refractivity contribution in [3.8, 4) is 0 Å². The van der Waals surface area contributed by atoms with Crippen molar-refractivity contribution >= 4 is 23.3 Å². The fraction of sp³-hybridized carbons (Fsp3) is 0.312. The molecule has 0 saturated heterocycles. The zero-order valence-corrected chi connectivity index (χ0v) is 14.1. The second-order valence-electron chi connectivity index (χ2n) is 5.81. The molecule has 1 aliphatic heterocycles. The van der Waals surface area contributed by atoms with Crippen LogP contribution in [0.15, 0.2) is 35.4 Å². The van der Waals surface area contributed by atoms with E-state index < -0.39 is 18.3 Å². The highest BCUT2D eigenvalue weighted by molar-refractivity contribution is 6.30. The molecule has 0 radical (unpaired) electrons. The van der Waals surface area contributed by atoms with E-state index in [9.17, 15) is 18.3 Å². The third-order valence-corrected chi connectivity index (χ3v) is 4.03. The fourth-order valence-corrected chi connectivity index (χ4v) is 2.71. The zero-order chi connectivity index (χ0) is 18.4. The normalized spacial score (nSPS) is 20.8. The molecule has 2 heterocycles. The number of hydrogen-bond acceptors (Lipinski definition) is 5. The molecular weight excluding hydrogens is 357 g/mol. The Bertz CT molecular complexity index is 818. The number of hydrazone groups is 1. The van der Waals surface area contributed by atoms with Gasteiger partial charge in [-0.1, -0.05) is 23.7 Å². The Balaban J connectivity index is 2.11. The average molecular weight is 371 g/mol. The number of aryl methyl sites for hydroxylation is 2. The molecular formula is C16H14ClF3N4O. The summed E-state index contributed by atoms with van der Waals surface area (Å²) in [6.07, 6.45) is -5.69. The Kier molecular flexibility index (Phi) is 4.20. The van der Waals surface area contributed by atoms with E-state index in [1.54, 1.807) is 44.2 Å². The van der Waals surface area contributed by atoms with Crippen molar-refractivity contribution in [1.82, 2.24) is 9.97 Å². The molecule has 1 aromatic heterocycles. The molecule has 0 spiro atoms. The van der Waals surface area contributed by atoms with Crippen LogP contribution in [0.25, 0.3) is 0 Å². The first-order chi connectivity index (χ1) is 11.6. The van der Waals surface area contributed by atoms with Gasteiger partial charge in [0.25, 0.3) is 5.72 Å². The molecule has 1 N–H and O–H groups in total. The second-order valence-corrected chi connectivity index (χ2v) is 6.24. The van der Waals surface area contributed by atoms with Crippen LogP contribution in [0.3, 0.4) is 0 Å².